The molecule has 0 aliphatic heterocycles. The Balaban J connectivity index is 0.00000122. The predicted molar refractivity (Wildman–Crippen MR) is 326 cm³/mol. The Bertz CT molecular complexity index is 2870. The molecule has 4 N–H and O–H groups in total. The third kappa shape index (κ3) is 12.8. The Morgan fingerprint density at radius 3 is 0.587 bits per heavy atom. The zero-order valence-electron chi connectivity index (χ0n) is 50.3. The van der Waals surface area contributed by atoms with Gasteiger partial charge >= 0.3 is 17.2 Å². The van der Waals surface area contributed by atoms with Gasteiger partial charge in [-0.1, -0.05) is 263 Å². The summed E-state index contributed by atoms with van der Waals surface area (Å²) in [5.41, 5.74) is 26.6. The van der Waals surface area contributed by atoms with E-state index in [1.165, 1.54) is 111 Å². The van der Waals surface area contributed by atoms with E-state index < -0.39 is 17.2 Å². The van der Waals surface area contributed by atoms with Crippen LogP contribution >= 0.6 is 17.2 Å². The van der Waals surface area contributed by atoms with E-state index in [0.29, 0.717) is 0 Å². The van der Waals surface area contributed by atoms with Crippen molar-refractivity contribution in [2.45, 2.75) is 209 Å². The maximum absolute atomic E-state index is 7.82. The highest BCUT2D eigenvalue weighted by Crippen LogP contribution is 2.65. The second-order valence-electron chi connectivity index (χ2n) is 29.4. The van der Waals surface area contributed by atoms with Crippen molar-refractivity contribution in [3.8, 4) is 66.8 Å². The van der Waals surface area contributed by atoms with Crippen LogP contribution in [0, 0.1) is 0 Å². The van der Waals surface area contributed by atoms with Gasteiger partial charge in [0.05, 0.1) is 0 Å². The van der Waals surface area contributed by atoms with Crippen LogP contribution in [0.15, 0.2) is 97.1 Å². The van der Waals surface area contributed by atoms with Crippen LogP contribution in [0.4, 0.5) is 0 Å². The van der Waals surface area contributed by atoms with Gasteiger partial charge in [-0.05, 0) is 155 Å². The van der Waals surface area contributed by atoms with Gasteiger partial charge in [-0.3, -0.25) is 0 Å². The molecule has 75 heavy (non-hydrogen) atoms. The van der Waals surface area contributed by atoms with Crippen LogP contribution in [0.1, 0.15) is 211 Å². The minimum atomic E-state index is -2.61. The largest absolute Gasteiger partial charge is 0.334 e. The van der Waals surface area contributed by atoms with E-state index in [1.807, 2.05) is 0 Å². The van der Waals surface area contributed by atoms with Crippen LogP contribution < -0.4 is 0 Å². The zero-order valence-corrected chi connectivity index (χ0v) is 52.1. The molecule has 0 radical (unpaired) electrons. The number of hydrogen-bond donors (Lipinski definition) is 4. The van der Waals surface area contributed by atoms with E-state index in [1.54, 1.807) is 0 Å². The topological polar surface area (TPSA) is 90.2 Å². The number of benzene rings is 6. The Morgan fingerprint density at radius 2 is 0.440 bits per heavy atom. The fraction of sp³-hybridized carbons (Fsp3) is 0.471. The first-order valence-corrected chi connectivity index (χ1v) is 29.3. The highest BCUT2D eigenvalue weighted by Gasteiger charge is 2.41. The molecule has 0 fully saturated rings. The lowest BCUT2D eigenvalue weighted by atomic mass is 9.63. The summed E-state index contributed by atoms with van der Waals surface area (Å²) >= 11 is 0. The van der Waals surface area contributed by atoms with Gasteiger partial charge in [0.15, 0.2) is 0 Å². The minimum Gasteiger partial charge on any atom is -0.328 e. The molecule has 1 aliphatic rings. The molecule has 0 heterocycles. The van der Waals surface area contributed by atoms with Crippen molar-refractivity contribution >= 4 is 17.2 Å². The molecule has 5 nitrogen and oxygen atoms in total. The normalized spacial score (nSPS) is 13.6. The maximum atomic E-state index is 7.82. The van der Waals surface area contributed by atoms with Crippen molar-refractivity contribution in [3.05, 3.63) is 142 Å². The van der Waals surface area contributed by atoms with Gasteiger partial charge in [-0.2, -0.15) is 0 Å². The molecule has 0 unspecified atom stereocenters. The third-order valence-electron chi connectivity index (χ3n) is 15.0. The van der Waals surface area contributed by atoms with Crippen LogP contribution in [0.3, 0.4) is 0 Å². The molecule has 6 aromatic carbocycles. The molecule has 0 spiro atoms. The molecule has 0 atom stereocenters. The van der Waals surface area contributed by atoms with E-state index in [-0.39, 0.29) is 43.3 Å². The number of rotatable bonds is 6. The lowest BCUT2D eigenvalue weighted by molar-refractivity contribution is 0.324. The van der Waals surface area contributed by atoms with Crippen LogP contribution in [0.2, 0.25) is 0 Å². The monoisotopic (exact) mass is 1050 g/mol. The summed E-state index contributed by atoms with van der Waals surface area (Å²) in [7, 11) is -5.22. The van der Waals surface area contributed by atoms with Crippen molar-refractivity contribution in [2.75, 3.05) is 0 Å². The van der Waals surface area contributed by atoms with E-state index in [9.17, 15) is 0 Å². The third-order valence-corrected chi connectivity index (χ3v) is 16.1. The lowest BCUT2D eigenvalue weighted by Crippen LogP contribution is -2.21. The molecule has 0 bridgehead atoms. The number of hydrogen-bond acceptors (Lipinski definition) is 5. The van der Waals surface area contributed by atoms with Gasteiger partial charge in [-0.25, -0.2) is 4.31 Å². The molecule has 0 saturated heterocycles. The van der Waals surface area contributed by atoms with Crippen molar-refractivity contribution in [1.29, 1.82) is 0 Å². The van der Waals surface area contributed by atoms with Crippen LogP contribution in [-0.2, 0) is 47.6 Å². The summed E-state index contributed by atoms with van der Waals surface area (Å²) in [6.45, 7) is 57.4. The molecule has 0 amide bonds. The molecule has 1 aliphatic carbocycles. The average molecular weight is 1050 g/mol. The average Bonchev–Trinajstić information content (AvgIpc) is 3.24. The second-order valence-corrected chi connectivity index (χ2v) is 31.1. The van der Waals surface area contributed by atoms with Crippen molar-refractivity contribution < 1.29 is 23.9 Å². The molecule has 0 aromatic heterocycles. The molecular weight excluding hydrogens is 959 g/mol. The smallest absolute Gasteiger partial charge is 0.328 e. The minimum absolute atomic E-state index is 0.00475. The first kappa shape index (κ1) is 60.2. The summed E-state index contributed by atoms with van der Waals surface area (Å²) in [5, 5.41) is 0. The van der Waals surface area contributed by atoms with Gasteiger partial charge in [0, 0.05) is 0 Å². The van der Waals surface area contributed by atoms with Crippen LogP contribution in [0.5, 0.6) is 0 Å². The first-order chi connectivity index (χ1) is 34.0. The quantitative estimate of drug-likeness (QED) is 0.125. The van der Waals surface area contributed by atoms with Crippen molar-refractivity contribution in [2.24, 2.45) is 0 Å². The fourth-order valence-corrected chi connectivity index (χ4v) is 11.2. The van der Waals surface area contributed by atoms with E-state index in [0.717, 1.165) is 0 Å². The van der Waals surface area contributed by atoms with Crippen LogP contribution in [-0.4, -0.2) is 19.6 Å². The highest BCUT2D eigenvalue weighted by atomic mass is 31.2. The van der Waals surface area contributed by atoms with Gasteiger partial charge in [0.2, 0.25) is 0 Å². The molecular formula is C68H92O5P2. The summed E-state index contributed by atoms with van der Waals surface area (Å²) < 4.78 is 3.60. The van der Waals surface area contributed by atoms with E-state index in [2.05, 4.69) is 268 Å². The van der Waals surface area contributed by atoms with Crippen LogP contribution in [0.25, 0.3) is 66.8 Å². The molecule has 404 valence electrons. The Kier molecular flexibility index (Phi) is 16.6. The van der Waals surface area contributed by atoms with E-state index in [4.69, 9.17) is 19.6 Å². The Hall–Kier alpha value is -4.02. The van der Waals surface area contributed by atoms with Gasteiger partial charge < -0.3 is 19.6 Å². The molecule has 7 rings (SSSR count). The first-order valence-electron chi connectivity index (χ1n) is 26.9. The fourth-order valence-electron chi connectivity index (χ4n) is 10.7. The summed E-state index contributed by atoms with van der Waals surface area (Å²) in [5.74, 6) is 0. The summed E-state index contributed by atoms with van der Waals surface area (Å²) in [4.78, 5) is 31.3. The Morgan fingerprint density at radius 1 is 0.253 bits per heavy atom. The standard InChI is InChI=1S/C68H88.H4O5P2/c1-61(2,3)41-29-33-47(51(37-41)65(13,14)15)57-55-45-27-25-26-28-46(45)56(55)58(48-34-30-42(62(4,5)6)38-52(48)66(16,17)18)60(50-36-32-44(64(10,11)12)40-54(50)68(22,23)24)59(57)49-35-31-43(63(7,8)9)39-53(49)67(19,20)21;1-6(2)5-7(3)4/h25-40H,1-24H3;1-4H. The SMILES string of the molecule is CC(C)(C)c1ccc(-c2c3c(c(-c4ccc(C(C)(C)C)cc4C(C)(C)C)c(-c4ccc(C(C)(C)C)cc4C(C)(C)C)c2-c2ccc(C(C)(C)C)cc2C(C)(C)C)-c2ccccc2-3)c(C(C)(C)C)c1.OP(O)OP(O)O. The van der Waals surface area contributed by atoms with Gasteiger partial charge in [-0.15, -0.1) is 0 Å². The summed E-state index contributed by atoms with van der Waals surface area (Å²) in [6, 6.07) is 39.4. The second kappa shape index (κ2) is 20.7. The predicted octanol–water partition coefficient (Wildman–Crippen LogP) is 19.8. The molecule has 7 heteroatoms. The highest BCUT2D eigenvalue weighted by molar-refractivity contribution is 7.53. The maximum Gasteiger partial charge on any atom is 0.334 e. The molecule has 0 saturated carbocycles. The van der Waals surface area contributed by atoms with Crippen molar-refractivity contribution in [1.82, 2.24) is 0 Å². The van der Waals surface area contributed by atoms with Gasteiger partial charge in [0.25, 0.3) is 0 Å². The van der Waals surface area contributed by atoms with Gasteiger partial charge in [0.1, 0.15) is 0 Å². The number of fused-ring (bicyclic) bond motifs is 4. The van der Waals surface area contributed by atoms with Crippen molar-refractivity contribution in [3.63, 3.8) is 0 Å². The summed E-state index contributed by atoms with van der Waals surface area (Å²) in [6.07, 6.45) is 0. The zero-order chi connectivity index (χ0) is 56.7. The molecule has 6 aromatic rings. The lowest BCUT2D eigenvalue weighted by Gasteiger charge is -2.40. The Labute approximate surface area is 456 Å². The van der Waals surface area contributed by atoms with E-state index >= 15 is 0 Å².